The minimum atomic E-state index is -0.275. The fourth-order valence-corrected chi connectivity index (χ4v) is 5.32. The summed E-state index contributed by atoms with van der Waals surface area (Å²) in [5.41, 5.74) is 2.32. The maximum atomic E-state index is 13.0. The first kappa shape index (κ1) is 18.0. The summed E-state index contributed by atoms with van der Waals surface area (Å²) in [6.07, 6.45) is 6.75. The second-order valence-electron chi connectivity index (χ2n) is 8.39. The number of carbonyl (C=O) groups excluding carboxylic acids is 3. The Kier molecular flexibility index (Phi) is 3.84. The monoisotopic (exact) mass is 409 g/mol. The standard InChI is InChI=1S/C25H19N3O3/c29-23(27-19-5-1-3-14-4-2-12-26-22(14)19)15-8-10-18(11-9-15)28-24(30)20-16-6-7-17(13-16)21(20)25(28)31/h1-12,16-17,20-21H,13H2,(H,27,29)/t16-,17-,20-,21+/m0/s1. The third-order valence-corrected chi connectivity index (χ3v) is 6.74. The number of carbonyl (C=O) groups is 3. The summed E-state index contributed by atoms with van der Waals surface area (Å²) in [4.78, 5) is 44.4. The van der Waals surface area contributed by atoms with Gasteiger partial charge in [0.2, 0.25) is 11.8 Å². The number of nitrogens with zero attached hydrogens (tertiary/aromatic N) is 2. The van der Waals surface area contributed by atoms with E-state index < -0.39 is 0 Å². The van der Waals surface area contributed by atoms with Gasteiger partial charge in [0, 0.05) is 17.1 Å². The van der Waals surface area contributed by atoms with Crippen LogP contribution in [0.5, 0.6) is 0 Å². The number of anilines is 2. The van der Waals surface area contributed by atoms with Gasteiger partial charge in [-0.25, -0.2) is 0 Å². The second-order valence-corrected chi connectivity index (χ2v) is 8.39. The third kappa shape index (κ3) is 2.64. The van der Waals surface area contributed by atoms with Crippen LogP contribution in [0.25, 0.3) is 10.9 Å². The molecule has 3 aromatic rings. The minimum absolute atomic E-state index is 0.120. The zero-order chi connectivity index (χ0) is 21.1. The number of amides is 3. The fraction of sp³-hybridized carbons (Fsp3) is 0.200. The van der Waals surface area contributed by atoms with E-state index in [4.69, 9.17) is 0 Å². The van der Waals surface area contributed by atoms with Crippen LogP contribution in [0, 0.1) is 23.7 Å². The lowest BCUT2D eigenvalue weighted by atomic mass is 9.85. The Morgan fingerprint density at radius 1 is 0.903 bits per heavy atom. The van der Waals surface area contributed by atoms with Crippen LogP contribution >= 0.6 is 0 Å². The number of imide groups is 1. The fourth-order valence-electron chi connectivity index (χ4n) is 5.32. The molecule has 0 radical (unpaired) electrons. The van der Waals surface area contributed by atoms with Crippen LogP contribution in [0.1, 0.15) is 16.8 Å². The van der Waals surface area contributed by atoms with Gasteiger partial charge in [-0.1, -0.05) is 30.4 Å². The summed E-state index contributed by atoms with van der Waals surface area (Å²) in [5.74, 6) is -0.625. The highest BCUT2D eigenvalue weighted by Crippen LogP contribution is 2.53. The predicted molar refractivity (Wildman–Crippen MR) is 116 cm³/mol. The highest BCUT2D eigenvalue weighted by atomic mass is 16.2. The molecule has 6 rings (SSSR count). The van der Waals surface area contributed by atoms with Gasteiger partial charge >= 0.3 is 0 Å². The molecule has 3 aliphatic rings. The first-order chi connectivity index (χ1) is 15.1. The highest BCUT2D eigenvalue weighted by molar-refractivity contribution is 6.23. The SMILES string of the molecule is O=C(Nc1cccc2cccnc12)c1ccc(N2C(=O)[C@@H]3[C@H](C2=O)[C@H]2C=C[C@H]3C2)cc1. The molecule has 3 amide bonds. The van der Waals surface area contributed by atoms with Crippen LogP contribution in [0.4, 0.5) is 11.4 Å². The van der Waals surface area contributed by atoms with Crippen molar-refractivity contribution in [2.75, 3.05) is 10.2 Å². The van der Waals surface area contributed by atoms with Crippen LogP contribution < -0.4 is 10.2 Å². The van der Waals surface area contributed by atoms with E-state index in [2.05, 4.69) is 22.5 Å². The van der Waals surface area contributed by atoms with E-state index >= 15 is 0 Å². The molecule has 0 spiro atoms. The number of benzene rings is 2. The summed E-state index contributed by atoms with van der Waals surface area (Å²) in [6.45, 7) is 0. The number of hydrogen-bond acceptors (Lipinski definition) is 4. The summed E-state index contributed by atoms with van der Waals surface area (Å²) in [5, 5.41) is 3.84. The maximum Gasteiger partial charge on any atom is 0.255 e. The summed E-state index contributed by atoms with van der Waals surface area (Å²) < 4.78 is 0. The molecule has 4 atom stereocenters. The average molecular weight is 409 g/mol. The smallest absolute Gasteiger partial charge is 0.255 e. The number of pyridine rings is 1. The zero-order valence-electron chi connectivity index (χ0n) is 16.6. The molecule has 1 aliphatic heterocycles. The Morgan fingerprint density at radius 2 is 1.58 bits per heavy atom. The van der Waals surface area contributed by atoms with Gasteiger partial charge in [0.1, 0.15) is 0 Å². The number of aromatic nitrogens is 1. The van der Waals surface area contributed by atoms with Crippen molar-refractivity contribution in [1.29, 1.82) is 0 Å². The van der Waals surface area contributed by atoms with Crippen molar-refractivity contribution in [3.63, 3.8) is 0 Å². The Morgan fingerprint density at radius 3 is 2.29 bits per heavy atom. The van der Waals surface area contributed by atoms with Crippen molar-refractivity contribution in [1.82, 2.24) is 4.98 Å². The molecule has 1 saturated heterocycles. The van der Waals surface area contributed by atoms with Gasteiger partial charge in [-0.2, -0.15) is 0 Å². The number of rotatable bonds is 3. The van der Waals surface area contributed by atoms with Crippen molar-refractivity contribution in [2.45, 2.75) is 6.42 Å². The number of nitrogens with one attached hydrogen (secondary N) is 1. The molecule has 2 heterocycles. The van der Waals surface area contributed by atoms with E-state index in [1.165, 1.54) is 4.90 Å². The lowest BCUT2D eigenvalue weighted by Gasteiger charge is -2.17. The summed E-state index contributed by atoms with van der Waals surface area (Å²) in [7, 11) is 0. The van der Waals surface area contributed by atoms with Crippen LogP contribution in [0.3, 0.4) is 0 Å². The van der Waals surface area contributed by atoms with Crippen LogP contribution in [-0.4, -0.2) is 22.7 Å². The van der Waals surface area contributed by atoms with Gasteiger partial charge in [0.25, 0.3) is 5.91 Å². The van der Waals surface area contributed by atoms with E-state index in [-0.39, 0.29) is 41.4 Å². The van der Waals surface area contributed by atoms with Crippen LogP contribution in [0.15, 0.2) is 72.9 Å². The van der Waals surface area contributed by atoms with Crippen LogP contribution in [0.2, 0.25) is 0 Å². The summed E-state index contributed by atoms with van der Waals surface area (Å²) in [6, 6.07) is 16.0. The van der Waals surface area contributed by atoms with Gasteiger partial charge in [0.15, 0.2) is 0 Å². The molecule has 1 aromatic heterocycles. The van der Waals surface area contributed by atoms with Crippen molar-refractivity contribution in [3.8, 4) is 0 Å². The van der Waals surface area contributed by atoms with E-state index in [0.717, 1.165) is 17.3 Å². The molecule has 0 unspecified atom stereocenters. The molecule has 2 aromatic carbocycles. The number of hydrogen-bond donors (Lipinski definition) is 1. The second kappa shape index (κ2) is 6.60. The third-order valence-electron chi connectivity index (χ3n) is 6.74. The van der Waals surface area contributed by atoms with Gasteiger partial charge in [-0.3, -0.25) is 24.3 Å². The molecule has 6 heteroatoms. The molecule has 1 N–H and O–H groups in total. The van der Waals surface area contributed by atoms with Crippen molar-refractivity contribution in [2.24, 2.45) is 23.7 Å². The molecular weight excluding hydrogens is 390 g/mol. The van der Waals surface area contributed by atoms with E-state index in [0.29, 0.717) is 16.9 Å². The van der Waals surface area contributed by atoms with Gasteiger partial charge in [-0.15, -0.1) is 0 Å². The molecule has 6 nitrogen and oxygen atoms in total. The average Bonchev–Trinajstić information content (AvgIpc) is 3.48. The van der Waals surface area contributed by atoms with Crippen molar-refractivity contribution >= 4 is 40.0 Å². The van der Waals surface area contributed by atoms with Gasteiger partial charge in [0.05, 0.1) is 28.7 Å². The topological polar surface area (TPSA) is 79.4 Å². The number of para-hydroxylation sites is 1. The van der Waals surface area contributed by atoms with Gasteiger partial charge < -0.3 is 5.32 Å². The highest BCUT2D eigenvalue weighted by Gasteiger charge is 2.59. The molecule has 31 heavy (non-hydrogen) atoms. The molecule has 2 aliphatic carbocycles. The molecule has 152 valence electrons. The molecule has 2 fully saturated rings. The van der Waals surface area contributed by atoms with E-state index in [1.54, 1.807) is 30.5 Å². The minimum Gasteiger partial charge on any atom is -0.320 e. The number of fused-ring (bicyclic) bond motifs is 6. The van der Waals surface area contributed by atoms with E-state index in [9.17, 15) is 14.4 Å². The first-order valence-electron chi connectivity index (χ1n) is 10.4. The number of allylic oxidation sites excluding steroid dienone is 2. The van der Waals surface area contributed by atoms with Crippen molar-refractivity contribution in [3.05, 3.63) is 78.5 Å². The quantitative estimate of drug-likeness (QED) is 0.527. The van der Waals surface area contributed by atoms with Crippen molar-refractivity contribution < 1.29 is 14.4 Å². The largest absolute Gasteiger partial charge is 0.320 e. The first-order valence-corrected chi connectivity index (χ1v) is 10.4. The van der Waals surface area contributed by atoms with Crippen LogP contribution in [-0.2, 0) is 9.59 Å². The maximum absolute atomic E-state index is 13.0. The Balaban J connectivity index is 1.24. The normalized spacial score (nSPS) is 26.0. The molecular formula is C25H19N3O3. The Labute approximate surface area is 178 Å². The Bertz CT molecular complexity index is 1250. The molecule has 1 saturated carbocycles. The predicted octanol–water partition coefficient (Wildman–Crippen LogP) is 3.80. The lowest BCUT2D eigenvalue weighted by Crippen LogP contribution is -2.32. The van der Waals surface area contributed by atoms with E-state index in [1.807, 2.05) is 30.3 Å². The lowest BCUT2D eigenvalue weighted by molar-refractivity contribution is -0.123. The Hall–Kier alpha value is -3.80. The molecule has 2 bridgehead atoms. The van der Waals surface area contributed by atoms with Gasteiger partial charge in [-0.05, 0) is 54.7 Å². The summed E-state index contributed by atoms with van der Waals surface area (Å²) >= 11 is 0. The zero-order valence-corrected chi connectivity index (χ0v) is 16.6.